The number of ether oxygens (including phenoxy) is 11. The van der Waals surface area contributed by atoms with Crippen LogP contribution in [0.5, 0.6) is 0 Å². The molecule has 0 aliphatic carbocycles. The van der Waals surface area contributed by atoms with Crippen molar-refractivity contribution in [2.75, 3.05) is 7.11 Å². The summed E-state index contributed by atoms with van der Waals surface area (Å²) >= 11 is 0. The monoisotopic (exact) mass is 1380 g/mol. The van der Waals surface area contributed by atoms with E-state index in [1.807, 2.05) is 0 Å². The Bertz CT molecular complexity index is 2360. The SMILES string of the molecule is O=S(=O)([O-])O.O=S(=O)([O-])O.O=S(=O)([O-])O.O=S(=O)([O-])O.[CH2-]C1O[C@H](O[C@@H]2C(OC=O)O[C@@H](O[C@@H]3C([CH2-])O[C@H](OC)C(N)[C@H]3O)C(OS(=O)(=O)[O-])[C@H]2O)C(N)[CH-][C@@H]1O[C@@H]1O[C@@H](C(=O)O)[C@@H](O[C@H]2O[C@@H]([CH2-])[C@@H](O)[C@H](O)C2N)[C@H](O)C1C.[Na+].[Na+].[Na+].[Na+].[Na+]. The van der Waals surface area contributed by atoms with E-state index in [4.69, 9.17) is 139 Å². The van der Waals surface area contributed by atoms with Gasteiger partial charge < -0.3 is 143 Å². The minimum absolute atomic E-state index is 0. The van der Waals surface area contributed by atoms with Gasteiger partial charge in [0.25, 0.3) is 6.47 Å². The van der Waals surface area contributed by atoms with Crippen LogP contribution in [0.2, 0.25) is 0 Å². The molecule has 16 N–H and O–H groups in total. The fourth-order valence-electron chi connectivity index (χ4n) is 6.99. The second-order valence-corrected chi connectivity index (χ2v) is 20.5. The van der Waals surface area contributed by atoms with Gasteiger partial charge in [-0.25, -0.2) is 46.9 Å². The summed E-state index contributed by atoms with van der Waals surface area (Å²) in [4.78, 5) is 23.8. The van der Waals surface area contributed by atoms with E-state index in [9.17, 15) is 53.2 Å². The van der Waals surface area contributed by atoms with Crippen LogP contribution in [0.15, 0.2) is 0 Å². The molecule has 5 heterocycles. The normalized spacial score (nSPS) is 37.8. The van der Waals surface area contributed by atoms with Gasteiger partial charge >= 0.3 is 154 Å². The molecule has 24 atom stereocenters. The van der Waals surface area contributed by atoms with Crippen molar-refractivity contribution in [2.24, 2.45) is 23.1 Å². The Morgan fingerprint density at radius 2 is 0.940 bits per heavy atom. The Kier molecular flexibility index (Phi) is 47.0. The number of carboxylic acid groups (broad SMARTS) is 1. The van der Waals surface area contributed by atoms with Crippen LogP contribution >= 0.6 is 0 Å². The number of rotatable bonds is 14. The number of hydrogen-bond acceptors (Lipinski definition) is 37. The molecule has 0 amide bonds. The summed E-state index contributed by atoms with van der Waals surface area (Å²) in [5.41, 5.74) is 18.2. The van der Waals surface area contributed by atoms with Gasteiger partial charge in [0.05, 0.1) is 36.5 Å². The van der Waals surface area contributed by atoms with Gasteiger partial charge in [-0.3, -0.25) is 33.6 Å². The number of carboxylic acids is 1. The summed E-state index contributed by atoms with van der Waals surface area (Å²) in [6.07, 6.45) is -31.2. The smallest absolute Gasteiger partial charge is 0.726 e. The van der Waals surface area contributed by atoms with Crippen LogP contribution in [0.25, 0.3) is 0 Å². The zero-order valence-electron chi connectivity index (χ0n) is 44.7. The van der Waals surface area contributed by atoms with Gasteiger partial charge in [-0.05, 0) is 12.2 Å². The molecule has 5 aliphatic heterocycles. The maximum Gasteiger partial charge on any atom is 1.00 e. The van der Waals surface area contributed by atoms with Crippen molar-refractivity contribution in [2.45, 2.75) is 148 Å². The van der Waals surface area contributed by atoms with Crippen molar-refractivity contribution in [3.8, 4) is 0 Å². The van der Waals surface area contributed by atoms with E-state index < -0.39 is 205 Å². The van der Waals surface area contributed by atoms with Gasteiger partial charge in [-0.2, -0.15) is 0 Å². The molecule has 8 unspecified atom stereocenters. The van der Waals surface area contributed by atoms with Gasteiger partial charge in [-0.1, -0.05) is 25.2 Å². The van der Waals surface area contributed by atoms with E-state index in [0.717, 1.165) is 0 Å². The molecule has 470 valence electrons. The minimum atomic E-state index is -5.63. The predicted molar refractivity (Wildman–Crippen MR) is 232 cm³/mol. The Hall–Kier alpha value is 2.57. The number of carbonyl (C=O) groups is 2. The maximum atomic E-state index is 12.3. The van der Waals surface area contributed by atoms with E-state index in [1.54, 1.807) is 0 Å². The van der Waals surface area contributed by atoms with Crippen molar-refractivity contribution in [3.63, 3.8) is 0 Å². The molecular formula is C32H54N3Na5O39S5-4. The molecule has 5 fully saturated rings. The summed E-state index contributed by atoms with van der Waals surface area (Å²) in [5.74, 6) is -2.63. The van der Waals surface area contributed by atoms with Gasteiger partial charge in [0.1, 0.15) is 24.6 Å². The zero-order chi connectivity index (χ0) is 61.8. The van der Waals surface area contributed by atoms with E-state index in [1.165, 1.54) is 20.5 Å². The van der Waals surface area contributed by atoms with Gasteiger partial charge in [0.15, 0.2) is 43.5 Å². The van der Waals surface area contributed by atoms with E-state index in [0.29, 0.717) is 0 Å². The number of methoxy groups -OCH3 is 1. The summed E-state index contributed by atoms with van der Waals surface area (Å²) in [6.45, 7) is 12.4. The second-order valence-electron chi connectivity index (χ2n) is 16.1. The average molecular weight is 1380 g/mol. The average Bonchev–Trinajstić information content (AvgIpc) is 3.25. The maximum absolute atomic E-state index is 12.3. The number of aliphatic carboxylic acids is 1. The summed E-state index contributed by atoms with van der Waals surface area (Å²) in [5, 5.41) is 63.6. The third-order valence-electron chi connectivity index (χ3n) is 10.3. The fourth-order valence-corrected chi connectivity index (χ4v) is 7.47. The first-order valence-electron chi connectivity index (χ1n) is 20.7. The Labute approximate surface area is 590 Å². The van der Waals surface area contributed by atoms with Crippen LogP contribution in [-0.2, 0) is 118 Å². The molecule has 0 saturated carbocycles. The molecule has 0 bridgehead atoms. The summed E-state index contributed by atoms with van der Waals surface area (Å²) in [7, 11) is -24.1. The van der Waals surface area contributed by atoms with Crippen LogP contribution in [0.4, 0.5) is 0 Å². The molecule has 0 spiro atoms. The van der Waals surface area contributed by atoms with Crippen molar-refractivity contribution >= 4 is 64.4 Å². The van der Waals surface area contributed by atoms with Crippen molar-refractivity contribution in [3.05, 3.63) is 27.2 Å². The van der Waals surface area contributed by atoms with Gasteiger partial charge in [0, 0.05) is 13.0 Å². The fraction of sp³-hybridized carbons (Fsp3) is 0.812. The second kappa shape index (κ2) is 41.4. The number of aliphatic hydroxyl groups excluding tert-OH is 5. The first-order valence-corrected chi connectivity index (χ1v) is 27.5. The molecule has 0 aromatic carbocycles. The molecule has 0 radical (unpaired) electrons. The van der Waals surface area contributed by atoms with Crippen LogP contribution in [-0.4, -0.2) is 275 Å². The van der Waals surface area contributed by atoms with Gasteiger partial charge in [-0.15, -0.1) is 0 Å². The van der Waals surface area contributed by atoms with Gasteiger partial charge in [0.2, 0.25) is 58.3 Å². The van der Waals surface area contributed by atoms with Crippen LogP contribution in [0.3, 0.4) is 0 Å². The molecule has 5 rings (SSSR count). The van der Waals surface area contributed by atoms with Crippen LogP contribution < -0.4 is 165 Å². The first kappa shape index (κ1) is 95.3. The third-order valence-corrected chi connectivity index (χ3v) is 10.7. The molecule has 52 heteroatoms. The largest absolute Gasteiger partial charge is 1.00 e. The molecule has 5 saturated heterocycles. The molecule has 84 heavy (non-hydrogen) atoms. The number of aliphatic hydroxyl groups is 5. The number of carbonyl (C=O) groups excluding carboxylic acids is 1. The third kappa shape index (κ3) is 35.7. The van der Waals surface area contributed by atoms with Crippen molar-refractivity contribution in [1.29, 1.82) is 0 Å². The zero-order valence-corrected chi connectivity index (χ0v) is 58.8. The number of hydrogen-bond donors (Lipinski definition) is 13. The Balaban J connectivity index is -0.000000717. The van der Waals surface area contributed by atoms with E-state index >= 15 is 0 Å². The van der Waals surface area contributed by atoms with E-state index in [2.05, 4.69) is 25.0 Å². The van der Waals surface area contributed by atoms with Crippen LogP contribution in [0.1, 0.15) is 6.92 Å². The molecule has 0 aromatic rings. The quantitative estimate of drug-likeness (QED) is 0.0252. The molecule has 0 aromatic heterocycles. The Morgan fingerprint density at radius 1 is 0.524 bits per heavy atom. The Morgan fingerprint density at radius 3 is 1.37 bits per heavy atom. The topological polar surface area (TPSA) is 711 Å². The summed E-state index contributed by atoms with van der Waals surface area (Å²) < 4.78 is 232. The molecular weight excluding hydrogens is 1330 g/mol. The minimum Gasteiger partial charge on any atom is -0.726 e. The van der Waals surface area contributed by atoms with Crippen molar-refractivity contribution < 1.29 is 327 Å². The molecule has 5 aliphatic rings. The van der Waals surface area contributed by atoms with E-state index in [-0.39, 0.29) is 154 Å². The predicted octanol–water partition coefficient (Wildman–Crippen LogP) is -26.0. The van der Waals surface area contributed by atoms with Crippen molar-refractivity contribution in [1.82, 2.24) is 0 Å². The van der Waals surface area contributed by atoms with Crippen LogP contribution in [0, 0.1) is 33.1 Å². The molecule has 42 nitrogen and oxygen atoms in total. The standard InChI is InChI=1S/C32H51N3O23S.5Na.4H2O4S/c1-8-16(37)22(54-30-14(34)18(39)17(38)10(3)50-30)25(26(42)43)56-27(8)52-13-6-12(33)28(49-9(13)2)55-23-20(41)24(58-59(44,45)46)32(57-31(23)48-7-36)53-21-11(4)51-29(47-5)15(35)19(21)40;;;;;;4*1-5(2,3)4/h6-25,27-32,37-41H,2-4,33-35H2,1,5H3,(H,42,43)(H,44,45,46);;;;;;4*(H2,1,2,3,4)/q-4;5*+1;;;;/p-5/t8?,9?,10-,11?,12?,13-,14?,15?,16+,17+,18+,19+,20-,21+,22-,23-,24?,25+,27+,28+,29-,30+,31?,32+;;;;;;;;;/m0........./s1. The summed E-state index contributed by atoms with van der Waals surface area (Å²) in [6, 6.07) is -3.93. The number of nitrogens with two attached hydrogens (primary N) is 3. The first-order chi connectivity index (χ1) is 35.6.